The summed E-state index contributed by atoms with van der Waals surface area (Å²) >= 11 is 6.28. The molecule has 0 radical (unpaired) electrons. The lowest BCUT2D eigenvalue weighted by Gasteiger charge is -2.49. The SMILES string of the molecule is O=P(O)(O)CP(=O)(O)OC[C@H]1O[C@@H](n2ncc3c(N4CC5(CCc6ccccc65)C4)nc(Cl)nc32)[C@H](O)[C@@H]1O. The third-order valence-corrected chi connectivity index (χ3v) is 11.2. The van der Waals surface area contributed by atoms with Gasteiger partial charge in [0.15, 0.2) is 17.8 Å². The van der Waals surface area contributed by atoms with Gasteiger partial charge in [0, 0.05) is 18.5 Å². The molecular formula is C22H26ClN5O9P2. The average Bonchev–Trinajstić information content (AvgIpc) is 3.50. The quantitative estimate of drug-likeness (QED) is 0.191. The summed E-state index contributed by atoms with van der Waals surface area (Å²) in [5.74, 6) is -0.807. The van der Waals surface area contributed by atoms with Crippen LogP contribution in [0.5, 0.6) is 0 Å². The predicted molar refractivity (Wildman–Crippen MR) is 138 cm³/mol. The molecule has 210 valence electrons. The van der Waals surface area contributed by atoms with Gasteiger partial charge in [-0.25, -0.2) is 4.68 Å². The van der Waals surface area contributed by atoms with Gasteiger partial charge in [0.25, 0.3) is 0 Å². The Labute approximate surface area is 226 Å². The van der Waals surface area contributed by atoms with Gasteiger partial charge in [0.05, 0.1) is 18.2 Å². The van der Waals surface area contributed by atoms with Crippen LogP contribution in [0.2, 0.25) is 5.28 Å². The van der Waals surface area contributed by atoms with E-state index in [0.29, 0.717) is 11.2 Å². The normalized spacial score (nSPS) is 27.6. The molecule has 17 heteroatoms. The summed E-state index contributed by atoms with van der Waals surface area (Å²) in [6, 6.07) is 8.43. The van der Waals surface area contributed by atoms with Gasteiger partial charge >= 0.3 is 15.2 Å². The Morgan fingerprint density at radius 1 is 1.13 bits per heavy atom. The first kappa shape index (κ1) is 27.2. The topological polar surface area (TPSA) is 201 Å². The van der Waals surface area contributed by atoms with Crippen LogP contribution in [0, 0.1) is 0 Å². The van der Waals surface area contributed by atoms with E-state index >= 15 is 0 Å². The molecule has 1 aliphatic carbocycles. The van der Waals surface area contributed by atoms with E-state index in [0.717, 1.165) is 25.9 Å². The number of aliphatic hydroxyl groups is 2. The Bertz CT molecular complexity index is 1530. The van der Waals surface area contributed by atoms with E-state index in [1.54, 1.807) is 0 Å². The Morgan fingerprint density at radius 3 is 2.62 bits per heavy atom. The summed E-state index contributed by atoms with van der Waals surface area (Å²) in [4.78, 5) is 38.4. The van der Waals surface area contributed by atoms with Crippen molar-refractivity contribution in [1.82, 2.24) is 19.7 Å². The van der Waals surface area contributed by atoms with Crippen molar-refractivity contribution in [1.29, 1.82) is 0 Å². The minimum Gasteiger partial charge on any atom is -0.387 e. The third-order valence-electron chi connectivity index (χ3n) is 7.54. The molecule has 0 amide bonds. The van der Waals surface area contributed by atoms with Crippen LogP contribution in [-0.2, 0) is 30.2 Å². The number of benzene rings is 1. The Hall–Kier alpha value is -1.96. The molecular weight excluding hydrogens is 576 g/mol. The van der Waals surface area contributed by atoms with Crippen molar-refractivity contribution in [3.63, 3.8) is 0 Å². The van der Waals surface area contributed by atoms with Crippen LogP contribution in [0.1, 0.15) is 23.8 Å². The number of aromatic nitrogens is 4. The van der Waals surface area contributed by atoms with E-state index in [2.05, 4.69) is 38.2 Å². The van der Waals surface area contributed by atoms with Crippen LogP contribution >= 0.6 is 26.8 Å². The fraction of sp³-hybridized carbons (Fsp3) is 0.500. The fourth-order valence-electron chi connectivity index (χ4n) is 5.77. The molecule has 0 saturated carbocycles. The molecule has 0 bridgehead atoms. The van der Waals surface area contributed by atoms with Crippen LogP contribution in [0.25, 0.3) is 11.0 Å². The zero-order valence-electron chi connectivity index (χ0n) is 20.3. The van der Waals surface area contributed by atoms with Crippen molar-refractivity contribution in [2.24, 2.45) is 0 Å². The number of aryl methyl sites for hydroxylation is 1. The summed E-state index contributed by atoms with van der Waals surface area (Å²) in [6.45, 7) is 0.780. The summed E-state index contributed by atoms with van der Waals surface area (Å²) in [6.07, 6.45) is -2.05. The molecule has 39 heavy (non-hydrogen) atoms. The Morgan fingerprint density at radius 2 is 1.87 bits per heavy atom. The van der Waals surface area contributed by atoms with Crippen LogP contribution in [0.3, 0.4) is 0 Å². The number of halogens is 1. The van der Waals surface area contributed by atoms with Crippen molar-refractivity contribution < 1.29 is 43.3 Å². The minimum absolute atomic E-state index is 0.0430. The molecule has 3 aliphatic rings. The summed E-state index contributed by atoms with van der Waals surface area (Å²) in [5, 5.41) is 26.0. The monoisotopic (exact) mass is 601 g/mol. The van der Waals surface area contributed by atoms with E-state index in [4.69, 9.17) is 30.6 Å². The number of fused-ring (bicyclic) bond motifs is 3. The van der Waals surface area contributed by atoms with Crippen molar-refractivity contribution in [3.05, 3.63) is 46.9 Å². The number of anilines is 1. The molecule has 2 aromatic heterocycles. The lowest BCUT2D eigenvalue weighted by atomic mass is 9.75. The number of ether oxygens (including phenoxy) is 1. The maximum atomic E-state index is 12.0. The second-order valence-corrected chi connectivity index (χ2v) is 14.6. The molecule has 2 fully saturated rings. The Balaban J connectivity index is 1.22. The maximum absolute atomic E-state index is 12.0. The van der Waals surface area contributed by atoms with Crippen molar-refractivity contribution >= 4 is 43.6 Å². The van der Waals surface area contributed by atoms with Gasteiger partial charge in [-0.05, 0) is 35.6 Å². The number of hydrogen-bond acceptors (Lipinski definition) is 10. The summed E-state index contributed by atoms with van der Waals surface area (Å²) < 4.78 is 34.8. The highest BCUT2D eigenvalue weighted by Gasteiger charge is 2.50. The molecule has 2 saturated heterocycles. The van der Waals surface area contributed by atoms with Crippen LogP contribution in [-0.4, -0.2) is 88.6 Å². The van der Waals surface area contributed by atoms with Gasteiger partial charge in [0.1, 0.15) is 24.1 Å². The van der Waals surface area contributed by atoms with Gasteiger partial charge in [0.2, 0.25) is 5.28 Å². The van der Waals surface area contributed by atoms with Crippen molar-refractivity contribution in [2.75, 3.05) is 30.5 Å². The van der Waals surface area contributed by atoms with Gasteiger partial charge < -0.3 is 39.1 Å². The molecule has 2 aliphatic heterocycles. The smallest absolute Gasteiger partial charge is 0.340 e. The van der Waals surface area contributed by atoms with Crippen LogP contribution in [0.4, 0.5) is 5.82 Å². The zero-order valence-corrected chi connectivity index (χ0v) is 22.9. The fourth-order valence-corrected chi connectivity index (χ4v) is 8.50. The molecule has 4 heterocycles. The highest BCUT2D eigenvalue weighted by molar-refractivity contribution is 7.70. The number of rotatable bonds is 7. The largest absolute Gasteiger partial charge is 0.387 e. The predicted octanol–water partition coefficient (Wildman–Crippen LogP) is 1.14. The standard InChI is InChI=1S/C22H26ClN5O9P2/c23-21-25-18(27-9-22(10-27)6-5-12-3-1-2-4-14(12)22)13-7-24-28(19(13)26-21)20-17(30)16(29)15(37-20)8-36-39(34,35)11-38(31,32)33/h1-4,7,15-17,20,29-30H,5-6,8-11H2,(H,34,35)(H2,31,32,33)/t15-,16-,17-,20-/m1/s1. The molecule has 1 aromatic carbocycles. The first-order chi connectivity index (χ1) is 18.4. The van der Waals surface area contributed by atoms with E-state index < -0.39 is 52.2 Å². The average molecular weight is 602 g/mol. The van der Waals surface area contributed by atoms with Crippen LogP contribution in [0.15, 0.2) is 30.5 Å². The molecule has 5 atom stereocenters. The third kappa shape index (κ3) is 4.93. The molecule has 5 N–H and O–H groups in total. The second kappa shape index (κ2) is 9.56. The van der Waals surface area contributed by atoms with Gasteiger partial charge in [-0.1, -0.05) is 24.3 Å². The second-order valence-electron chi connectivity index (χ2n) is 10.2. The molecule has 14 nitrogen and oxygen atoms in total. The molecule has 6 rings (SSSR count). The summed E-state index contributed by atoms with van der Waals surface area (Å²) in [7, 11) is -9.52. The Kier molecular flexibility index (Phi) is 6.67. The van der Waals surface area contributed by atoms with E-state index in [-0.39, 0.29) is 16.3 Å². The van der Waals surface area contributed by atoms with E-state index in [9.17, 15) is 24.2 Å². The van der Waals surface area contributed by atoms with Gasteiger partial charge in [-0.15, -0.1) is 0 Å². The minimum atomic E-state index is -4.83. The van der Waals surface area contributed by atoms with Gasteiger partial charge in [-0.3, -0.25) is 9.13 Å². The van der Waals surface area contributed by atoms with Crippen LogP contribution < -0.4 is 4.90 Å². The highest BCUT2D eigenvalue weighted by atomic mass is 35.5. The molecule has 1 unspecified atom stereocenters. The van der Waals surface area contributed by atoms with Gasteiger partial charge in [-0.2, -0.15) is 15.1 Å². The number of aliphatic hydroxyl groups excluding tert-OH is 2. The molecule has 1 spiro atoms. The highest BCUT2D eigenvalue weighted by Crippen LogP contribution is 2.55. The first-order valence-electron chi connectivity index (χ1n) is 12.1. The molecule has 3 aromatic rings. The lowest BCUT2D eigenvalue weighted by Crippen LogP contribution is -2.58. The van der Waals surface area contributed by atoms with Crippen molar-refractivity contribution in [3.8, 4) is 0 Å². The number of nitrogens with zero attached hydrogens (tertiary/aromatic N) is 5. The first-order valence-corrected chi connectivity index (χ1v) is 16.1. The maximum Gasteiger partial charge on any atom is 0.340 e. The number of hydrogen-bond donors (Lipinski definition) is 5. The van der Waals surface area contributed by atoms with Crippen molar-refractivity contribution in [2.45, 2.75) is 42.8 Å². The van der Waals surface area contributed by atoms with E-state index in [1.165, 1.54) is 22.0 Å². The summed E-state index contributed by atoms with van der Waals surface area (Å²) in [5.41, 5.74) is 3.01. The lowest BCUT2D eigenvalue weighted by molar-refractivity contribution is -0.0541. The zero-order chi connectivity index (χ0) is 27.7. The van der Waals surface area contributed by atoms with E-state index in [1.807, 2.05) is 6.07 Å².